The van der Waals surface area contributed by atoms with E-state index in [1.54, 1.807) is 13.8 Å². The van der Waals surface area contributed by atoms with Gasteiger partial charge in [0.05, 0.1) is 5.92 Å². The second-order valence-electron chi connectivity index (χ2n) is 5.11. The molecule has 1 amide bonds. The smallest absolute Gasteiger partial charge is 0.326 e. The molecule has 1 aliphatic carbocycles. The highest BCUT2D eigenvalue weighted by Crippen LogP contribution is 2.31. The molecule has 1 aliphatic rings. The second kappa shape index (κ2) is 5.84. The Bertz CT molecular complexity index is 352. The molecule has 0 saturated heterocycles. The molecule has 18 heavy (non-hydrogen) atoms. The highest BCUT2D eigenvalue weighted by molar-refractivity contribution is 5.86. The lowest BCUT2D eigenvalue weighted by molar-refractivity contribution is -0.144. The first-order valence-corrected chi connectivity index (χ1v) is 6.09. The van der Waals surface area contributed by atoms with Crippen LogP contribution in [-0.2, 0) is 14.4 Å². The van der Waals surface area contributed by atoms with E-state index in [4.69, 9.17) is 10.2 Å². The van der Waals surface area contributed by atoms with Gasteiger partial charge in [0, 0.05) is 5.92 Å². The quantitative estimate of drug-likeness (QED) is 0.673. The average molecular weight is 257 g/mol. The Balaban J connectivity index is 2.56. The Labute approximate surface area is 105 Å². The summed E-state index contributed by atoms with van der Waals surface area (Å²) in [6.07, 6.45) is 1.28. The highest BCUT2D eigenvalue weighted by atomic mass is 16.4. The van der Waals surface area contributed by atoms with Crippen molar-refractivity contribution in [2.75, 3.05) is 0 Å². The summed E-state index contributed by atoms with van der Waals surface area (Å²) in [5.74, 6) is -3.37. The number of rotatable bonds is 5. The van der Waals surface area contributed by atoms with E-state index < -0.39 is 23.9 Å². The number of carbonyl (C=O) groups excluding carboxylic acids is 1. The topological polar surface area (TPSA) is 104 Å². The van der Waals surface area contributed by atoms with Crippen LogP contribution in [0.1, 0.15) is 33.1 Å². The summed E-state index contributed by atoms with van der Waals surface area (Å²) in [6.45, 7) is 3.43. The van der Waals surface area contributed by atoms with Crippen LogP contribution in [0.25, 0.3) is 0 Å². The van der Waals surface area contributed by atoms with E-state index >= 15 is 0 Å². The molecule has 0 aromatic rings. The lowest BCUT2D eigenvalue weighted by atomic mass is 10.0. The predicted octanol–water partition coefficient (Wildman–Crippen LogP) is 0.713. The summed E-state index contributed by atoms with van der Waals surface area (Å²) in [5.41, 5.74) is 0. The molecule has 1 saturated carbocycles. The summed E-state index contributed by atoms with van der Waals surface area (Å²) in [4.78, 5) is 33.6. The fourth-order valence-corrected chi connectivity index (χ4v) is 2.23. The SMILES string of the molecule is CC(C)C(NC(=O)[C@@H]1CC[C@H](C(=O)O)C1)C(=O)O. The van der Waals surface area contributed by atoms with Crippen molar-refractivity contribution < 1.29 is 24.6 Å². The number of carboxylic acid groups (broad SMARTS) is 2. The van der Waals surface area contributed by atoms with Gasteiger partial charge in [-0.25, -0.2) is 4.79 Å². The number of hydrogen-bond donors (Lipinski definition) is 3. The minimum absolute atomic E-state index is 0.205. The maximum Gasteiger partial charge on any atom is 0.326 e. The van der Waals surface area contributed by atoms with Crippen LogP contribution in [-0.4, -0.2) is 34.1 Å². The Morgan fingerprint density at radius 3 is 2.06 bits per heavy atom. The largest absolute Gasteiger partial charge is 0.481 e. The molecule has 6 nitrogen and oxygen atoms in total. The fraction of sp³-hybridized carbons (Fsp3) is 0.750. The molecule has 0 heterocycles. The van der Waals surface area contributed by atoms with Gasteiger partial charge in [0.15, 0.2) is 0 Å². The van der Waals surface area contributed by atoms with E-state index in [9.17, 15) is 14.4 Å². The number of amides is 1. The van der Waals surface area contributed by atoms with E-state index in [0.717, 1.165) is 0 Å². The number of carbonyl (C=O) groups is 3. The molecule has 1 fully saturated rings. The maximum atomic E-state index is 11.9. The van der Waals surface area contributed by atoms with Crippen LogP contribution >= 0.6 is 0 Å². The van der Waals surface area contributed by atoms with Crippen LogP contribution in [0.4, 0.5) is 0 Å². The molecular formula is C12H19NO5. The van der Waals surface area contributed by atoms with E-state index in [-0.39, 0.29) is 17.7 Å². The van der Waals surface area contributed by atoms with Crippen LogP contribution < -0.4 is 5.32 Å². The minimum Gasteiger partial charge on any atom is -0.481 e. The molecule has 1 rings (SSSR count). The van der Waals surface area contributed by atoms with E-state index in [1.807, 2.05) is 0 Å². The standard InChI is InChI=1S/C12H19NO5/c1-6(2)9(12(17)18)13-10(14)7-3-4-8(5-7)11(15)16/h6-9H,3-5H2,1-2H3,(H,13,14)(H,15,16)(H,17,18)/t7-,8+,9?/m1/s1. The van der Waals surface area contributed by atoms with Crippen molar-refractivity contribution in [1.29, 1.82) is 0 Å². The van der Waals surface area contributed by atoms with Gasteiger partial charge in [-0.1, -0.05) is 13.8 Å². The molecule has 0 radical (unpaired) electrons. The van der Waals surface area contributed by atoms with Crippen LogP contribution in [0.5, 0.6) is 0 Å². The molecule has 0 aromatic carbocycles. The molecule has 0 aliphatic heterocycles. The Morgan fingerprint density at radius 2 is 1.67 bits per heavy atom. The molecule has 0 aromatic heterocycles. The second-order valence-corrected chi connectivity index (χ2v) is 5.11. The Morgan fingerprint density at radius 1 is 1.11 bits per heavy atom. The Hall–Kier alpha value is -1.59. The van der Waals surface area contributed by atoms with Gasteiger partial charge < -0.3 is 15.5 Å². The molecule has 3 N–H and O–H groups in total. The summed E-state index contributed by atoms with van der Waals surface area (Å²) in [7, 11) is 0. The first kappa shape index (κ1) is 14.5. The minimum atomic E-state index is -1.06. The number of aliphatic carboxylic acids is 2. The van der Waals surface area contributed by atoms with Gasteiger partial charge in [0.25, 0.3) is 0 Å². The first-order valence-electron chi connectivity index (χ1n) is 6.09. The van der Waals surface area contributed by atoms with Crippen molar-refractivity contribution in [2.24, 2.45) is 17.8 Å². The average Bonchev–Trinajstić information content (AvgIpc) is 2.73. The van der Waals surface area contributed by atoms with E-state index in [1.165, 1.54) is 0 Å². The summed E-state index contributed by atoms with van der Waals surface area (Å²) in [6, 6.07) is -0.915. The van der Waals surface area contributed by atoms with Gasteiger partial charge in [0.1, 0.15) is 6.04 Å². The van der Waals surface area contributed by atoms with Gasteiger partial charge in [-0.15, -0.1) is 0 Å². The van der Waals surface area contributed by atoms with Crippen LogP contribution in [0.2, 0.25) is 0 Å². The van der Waals surface area contributed by atoms with Crippen LogP contribution in [0, 0.1) is 17.8 Å². The zero-order valence-electron chi connectivity index (χ0n) is 10.5. The summed E-state index contributed by atoms with van der Waals surface area (Å²) in [5, 5.41) is 20.3. The molecule has 6 heteroatoms. The van der Waals surface area contributed by atoms with Crippen molar-refractivity contribution in [3.63, 3.8) is 0 Å². The molecule has 102 valence electrons. The highest BCUT2D eigenvalue weighted by Gasteiger charge is 2.35. The van der Waals surface area contributed by atoms with Crippen molar-refractivity contribution >= 4 is 17.8 Å². The summed E-state index contributed by atoms with van der Waals surface area (Å²) >= 11 is 0. The zero-order chi connectivity index (χ0) is 13.9. The fourth-order valence-electron chi connectivity index (χ4n) is 2.23. The third kappa shape index (κ3) is 3.45. The molecule has 0 bridgehead atoms. The molecular weight excluding hydrogens is 238 g/mol. The lowest BCUT2D eigenvalue weighted by Gasteiger charge is -2.20. The van der Waals surface area contributed by atoms with Crippen molar-refractivity contribution in [3.8, 4) is 0 Å². The molecule has 1 unspecified atom stereocenters. The van der Waals surface area contributed by atoms with Gasteiger partial charge in [-0.05, 0) is 25.2 Å². The maximum absolute atomic E-state index is 11.9. The third-order valence-electron chi connectivity index (χ3n) is 3.38. The van der Waals surface area contributed by atoms with E-state index in [2.05, 4.69) is 5.32 Å². The predicted molar refractivity (Wildman–Crippen MR) is 62.9 cm³/mol. The van der Waals surface area contributed by atoms with E-state index in [0.29, 0.717) is 19.3 Å². The third-order valence-corrected chi connectivity index (χ3v) is 3.38. The normalized spacial score (nSPS) is 24.8. The van der Waals surface area contributed by atoms with Crippen molar-refractivity contribution in [1.82, 2.24) is 5.32 Å². The molecule has 3 atom stereocenters. The lowest BCUT2D eigenvalue weighted by Crippen LogP contribution is -2.46. The van der Waals surface area contributed by atoms with Crippen LogP contribution in [0.15, 0.2) is 0 Å². The van der Waals surface area contributed by atoms with Crippen molar-refractivity contribution in [2.45, 2.75) is 39.2 Å². The first-order chi connectivity index (χ1) is 8.32. The number of nitrogens with one attached hydrogen (secondary N) is 1. The van der Waals surface area contributed by atoms with Gasteiger partial charge in [-0.2, -0.15) is 0 Å². The number of hydrogen-bond acceptors (Lipinski definition) is 3. The monoisotopic (exact) mass is 257 g/mol. The molecule has 0 spiro atoms. The van der Waals surface area contributed by atoms with Gasteiger partial charge in [0.2, 0.25) is 5.91 Å². The van der Waals surface area contributed by atoms with Gasteiger partial charge >= 0.3 is 11.9 Å². The van der Waals surface area contributed by atoms with Crippen LogP contribution in [0.3, 0.4) is 0 Å². The Kier molecular flexibility index (Phi) is 4.69. The number of carboxylic acids is 2. The summed E-state index contributed by atoms with van der Waals surface area (Å²) < 4.78 is 0. The van der Waals surface area contributed by atoms with Crippen molar-refractivity contribution in [3.05, 3.63) is 0 Å². The zero-order valence-corrected chi connectivity index (χ0v) is 10.5. The van der Waals surface area contributed by atoms with Gasteiger partial charge in [-0.3, -0.25) is 9.59 Å².